The van der Waals surface area contributed by atoms with Gasteiger partial charge in [0.1, 0.15) is 5.76 Å². The molecule has 1 saturated carbocycles. The summed E-state index contributed by atoms with van der Waals surface area (Å²) >= 11 is 0. The summed E-state index contributed by atoms with van der Waals surface area (Å²) in [6.07, 6.45) is 3.34. The Morgan fingerprint density at radius 1 is 1.67 bits per heavy atom. The molecule has 0 amide bonds. The van der Waals surface area contributed by atoms with E-state index in [1.54, 1.807) is 6.26 Å². The standard InChI is InChI=1S/C11H15NO3/c1-7(10-3-2-6-15-10)12-9-5-4-8(9)11(13)14/h2-3,6-9,12H,4-5H2,1H3,(H,13,14)/t7-,8?,9?/m0/s1. The summed E-state index contributed by atoms with van der Waals surface area (Å²) in [5.41, 5.74) is 0. The number of hydrogen-bond donors (Lipinski definition) is 2. The number of nitrogens with one attached hydrogen (secondary N) is 1. The van der Waals surface area contributed by atoms with E-state index in [2.05, 4.69) is 5.32 Å². The molecule has 0 aromatic carbocycles. The van der Waals surface area contributed by atoms with Crippen LogP contribution in [0.2, 0.25) is 0 Å². The Bertz CT molecular complexity index is 334. The molecule has 0 radical (unpaired) electrons. The zero-order chi connectivity index (χ0) is 10.8. The number of carboxylic acid groups (broad SMARTS) is 1. The molecule has 1 aliphatic rings. The van der Waals surface area contributed by atoms with E-state index in [9.17, 15) is 4.79 Å². The molecule has 2 N–H and O–H groups in total. The average Bonchev–Trinajstić information content (AvgIpc) is 2.63. The molecular weight excluding hydrogens is 194 g/mol. The van der Waals surface area contributed by atoms with Crippen LogP contribution in [0.4, 0.5) is 0 Å². The highest BCUT2D eigenvalue weighted by atomic mass is 16.4. The summed E-state index contributed by atoms with van der Waals surface area (Å²) in [7, 11) is 0. The third kappa shape index (κ3) is 2.04. The zero-order valence-electron chi connectivity index (χ0n) is 8.64. The van der Waals surface area contributed by atoms with Gasteiger partial charge in [-0.3, -0.25) is 4.79 Å². The first kappa shape index (κ1) is 10.2. The van der Waals surface area contributed by atoms with Gasteiger partial charge in [0.05, 0.1) is 18.2 Å². The van der Waals surface area contributed by atoms with Gasteiger partial charge in [0, 0.05) is 6.04 Å². The monoisotopic (exact) mass is 209 g/mol. The molecule has 4 heteroatoms. The highest BCUT2D eigenvalue weighted by Gasteiger charge is 2.37. The predicted molar refractivity (Wildman–Crippen MR) is 54.4 cm³/mol. The number of aliphatic carboxylic acids is 1. The molecule has 1 aromatic rings. The summed E-state index contributed by atoms with van der Waals surface area (Å²) in [6.45, 7) is 1.98. The highest BCUT2D eigenvalue weighted by Crippen LogP contribution is 2.29. The normalized spacial score (nSPS) is 27.0. The van der Waals surface area contributed by atoms with E-state index in [0.29, 0.717) is 0 Å². The molecular formula is C11H15NO3. The van der Waals surface area contributed by atoms with Gasteiger partial charge < -0.3 is 14.8 Å². The lowest BCUT2D eigenvalue weighted by atomic mass is 9.79. The molecule has 3 atom stereocenters. The van der Waals surface area contributed by atoms with E-state index in [-0.39, 0.29) is 18.0 Å². The van der Waals surface area contributed by atoms with Crippen molar-refractivity contribution in [3.63, 3.8) is 0 Å². The molecule has 82 valence electrons. The second-order valence-corrected chi connectivity index (χ2v) is 4.03. The van der Waals surface area contributed by atoms with Crippen molar-refractivity contribution >= 4 is 5.97 Å². The summed E-state index contributed by atoms with van der Waals surface area (Å²) in [6, 6.07) is 3.89. The highest BCUT2D eigenvalue weighted by molar-refractivity contribution is 5.72. The molecule has 1 aliphatic carbocycles. The minimum atomic E-state index is -0.703. The Morgan fingerprint density at radius 2 is 2.47 bits per heavy atom. The van der Waals surface area contributed by atoms with Crippen LogP contribution in [-0.4, -0.2) is 17.1 Å². The first-order chi connectivity index (χ1) is 7.18. The van der Waals surface area contributed by atoms with E-state index < -0.39 is 5.97 Å². The van der Waals surface area contributed by atoms with Crippen LogP contribution < -0.4 is 5.32 Å². The molecule has 1 fully saturated rings. The van der Waals surface area contributed by atoms with Crippen LogP contribution in [0.3, 0.4) is 0 Å². The van der Waals surface area contributed by atoms with E-state index in [1.807, 2.05) is 19.1 Å². The summed E-state index contributed by atoms with van der Waals surface area (Å²) in [4.78, 5) is 10.8. The molecule has 1 aromatic heterocycles. The van der Waals surface area contributed by atoms with Crippen molar-refractivity contribution in [2.75, 3.05) is 0 Å². The Kier molecular flexibility index (Phi) is 2.77. The summed E-state index contributed by atoms with van der Waals surface area (Å²) < 4.78 is 5.25. The van der Waals surface area contributed by atoms with Gasteiger partial charge in [0.2, 0.25) is 0 Å². The zero-order valence-corrected chi connectivity index (χ0v) is 8.64. The van der Waals surface area contributed by atoms with E-state index >= 15 is 0 Å². The smallest absolute Gasteiger partial charge is 0.308 e. The van der Waals surface area contributed by atoms with E-state index in [4.69, 9.17) is 9.52 Å². The Hall–Kier alpha value is -1.29. The van der Waals surface area contributed by atoms with Crippen LogP contribution >= 0.6 is 0 Å². The Labute approximate surface area is 88.3 Å². The maximum atomic E-state index is 10.8. The molecule has 0 bridgehead atoms. The minimum absolute atomic E-state index is 0.0761. The van der Waals surface area contributed by atoms with Crippen LogP contribution in [0.1, 0.15) is 31.6 Å². The van der Waals surface area contributed by atoms with Gasteiger partial charge in [-0.05, 0) is 31.9 Å². The average molecular weight is 209 g/mol. The van der Waals surface area contributed by atoms with Crippen LogP contribution in [0.15, 0.2) is 22.8 Å². The first-order valence-electron chi connectivity index (χ1n) is 5.20. The van der Waals surface area contributed by atoms with Crippen molar-refractivity contribution in [3.05, 3.63) is 24.2 Å². The number of hydrogen-bond acceptors (Lipinski definition) is 3. The molecule has 2 unspecified atom stereocenters. The number of carbonyl (C=O) groups is 1. The SMILES string of the molecule is C[C@H](NC1CCC1C(=O)O)c1ccco1. The summed E-state index contributed by atoms with van der Waals surface area (Å²) in [5, 5.41) is 12.2. The summed E-state index contributed by atoms with van der Waals surface area (Å²) in [5.74, 6) is -0.0844. The lowest BCUT2D eigenvalue weighted by molar-refractivity contribution is -0.146. The third-order valence-electron chi connectivity index (χ3n) is 3.03. The third-order valence-corrected chi connectivity index (χ3v) is 3.03. The number of furan rings is 1. The molecule has 1 heterocycles. The number of carboxylic acids is 1. The molecule has 4 nitrogen and oxygen atoms in total. The van der Waals surface area contributed by atoms with Gasteiger partial charge >= 0.3 is 5.97 Å². The topological polar surface area (TPSA) is 62.5 Å². The van der Waals surface area contributed by atoms with Crippen LogP contribution in [0.5, 0.6) is 0 Å². The first-order valence-corrected chi connectivity index (χ1v) is 5.20. The predicted octanol–water partition coefficient (Wildman–Crippen LogP) is 1.79. The lowest BCUT2D eigenvalue weighted by Crippen LogP contribution is -2.48. The molecule has 2 rings (SSSR count). The number of rotatable bonds is 4. The van der Waals surface area contributed by atoms with E-state index in [0.717, 1.165) is 18.6 Å². The maximum Gasteiger partial charge on any atom is 0.308 e. The van der Waals surface area contributed by atoms with Crippen LogP contribution in [-0.2, 0) is 4.79 Å². The fourth-order valence-electron chi connectivity index (χ4n) is 1.94. The van der Waals surface area contributed by atoms with Gasteiger partial charge in [0.25, 0.3) is 0 Å². The lowest BCUT2D eigenvalue weighted by Gasteiger charge is -2.35. The van der Waals surface area contributed by atoms with Gasteiger partial charge in [-0.15, -0.1) is 0 Å². The quantitative estimate of drug-likeness (QED) is 0.793. The molecule has 0 spiro atoms. The molecule has 0 aliphatic heterocycles. The van der Waals surface area contributed by atoms with Crippen molar-refractivity contribution in [1.82, 2.24) is 5.32 Å². The maximum absolute atomic E-state index is 10.8. The van der Waals surface area contributed by atoms with Gasteiger partial charge in [-0.25, -0.2) is 0 Å². The second-order valence-electron chi connectivity index (χ2n) is 4.03. The molecule has 0 saturated heterocycles. The van der Waals surface area contributed by atoms with Crippen LogP contribution in [0, 0.1) is 5.92 Å². The van der Waals surface area contributed by atoms with Crippen molar-refractivity contribution in [2.24, 2.45) is 5.92 Å². The Morgan fingerprint density at radius 3 is 2.93 bits per heavy atom. The Balaban J connectivity index is 1.90. The van der Waals surface area contributed by atoms with Gasteiger partial charge in [-0.1, -0.05) is 0 Å². The largest absolute Gasteiger partial charge is 0.481 e. The van der Waals surface area contributed by atoms with E-state index in [1.165, 1.54) is 0 Å². The van der Waals surface area contributed by atoms with Crippen molar-refractivity contribution in [2.45, 2.75) is 31.8 Å². The van der Waals surface area contributed by atoms with Gasteiger partial charge in [-0.2, -0.15) is 0 Å². The van der Waals surface area contributed by atoms with Crippen molar-refractivity contribution < 1.29 is 14.3 Å². The fraction of sp³-hybridized carbons (Fsp3) is 0.545. The minimum Gasteiger partial charge on any atom is -0.481 e. The van der Waals surface area contributed by atoms with Crippen molar-refractivity contribution in [3.8, 4) is 0 Å². The molecule has 15 heavy (non-hydrogen) atoms. The van der Waals surface area contributed by atoms with Gasteiger partial charge in [0.15, 0.2) is 0 Å². The van der Waals surface area contributed by atoms with Crippen molar-refractivity contribution in [1.29, 1.82) is 0 Å². The second kappa shape index (κ2) is 4.06. The fourth-order valence-corrected chi connectivity index (χ4v) is 1.94. The van der Waals surface area contributed by atoms with Crippen LogP contribution in [0.25, 0.3) is 0 Å².